The summed E-state index contributed by atoms with van der Waals surface area (Å²) in [6.07, 6.45) is 3.95. The third-order valence-electron chi connectivity index (χ3n) is 6.47. The number of hydrogen-bond acceptors (Lipinski definition) is 4. The van der Waals surface area contributed by atoms with Gasteiger partial charge >= 0.3 is 0 Å². The van der Waals surface area contributed by atoms with Crippen LogP contribution in [0.15, 0.2) is 42.5 Å². The maximum absolute atomic E-state index is 13.4. The highest BCUT2D eigenvalue weighted by Crippen LogP contribution is 2.59. The minimum absolute atomic E-state index is 0. The van der Waals surface area contributed by atoms with Crippen LogP contribution in [0.5, 0.6) is 0 Å². The second kappa shape index (κ2) is 7.37. The van der Waals surface area contributed by atoms with E-state index in [0.717, 1.165) is 61.3 Å². The molecule has 2 aromatic rings. The summed E-state index contributed by atoms with van der Waals surface area (Å²) < 4.78 is 0. The molecule has 1 saturated heterocycles. The van der Waals surface area contributed by atoms with Gasteiger partial charge in [-0.2, -0.15) is 5.26 Å². The number of piperidine rings is 1. The average molecular weight is 409 g/mol. The fourth-order valence-electron chi connectivity index (χ4n) is 4.86. The summed E-state index contributed by atoms with van der Waals surface area (Å²) in [5.74, 6) is 0.184. The van der Waals surface area contributed by atoms with Gasteiger partial charge in [-0.05, 0) is 48.9 Å². The number of nitriles is 1. The maximum atomic E-state index is 13.4. The summed E-state index contributed by atoms with van der Waals surface area (Å²) in [5, 5.41) is 9.48. The molecular weight excluding hydrogens is 384 g/mol. The normalized spacial score (nSPS) is 21.5. The molecule has 2 heterocycles. The Kier molecular flexibility index (Phi) is 5.02. The Balaban J connectivity index is 0.00000205. The molecule has 0 unspecified atom stereocenters. The third kappa shape index (κ3) is 3.08. The molecule has 1 saturated carbocycles. The maximum Gasteiger partial charge on any atom is 0.238 e. The van der Waals surface area contributed by atoms with Crippen LogP contribution in [0.25, 0.3) is 0 Å². The van der Waals surface area contributed by atoms with Crippen molar-refractivity contribution in [2.45, 2.75) is 43.7 Å². The summed E-state index contributed by atoms with van der Waals surface area (Å²) >= 11 is 0. The number of rotatable bonds is 3. The second-order valence-corrected chi connectivity index (χ2v) is 8.26. The van der Waals surface area contributed by atoms with Gasteiger partial charge in [0.05, 0.1) is 35.0 Å². The number of hydrogen-bond donors (Lipinski definition) is 1. The SMILES string of the molecule is Cl.N#Cc1ccccc1CN1C(=O)C2(CC2)c2cccc(N3CCC[C@@H](N)C3)c21. The molecule has 5 rings (SSSR count). The van der Waals surface area contributed by atoms with Crippen molar-refractivity contribution in [2.75, 3.05) is 22.9 Å². The van der Waals surface area contributed by atoms with Crippen LogP contribution in [0.1, 0.15) is 42.4 Å². The van der Waals surface area contributed by atoms with Crippen LogP contribution in [0, 0.1) is 11.3 Å². The first-order valence-corrected chi connectivity index (χ1v) is 10.1. The molecule has 2 fully saturated rings. The summed E-state index contributed by atoms with van der Waals surface area (Å²) in [4.78, 5) is 17.7. The summed E-state index contributed by atoms with van der Waals surface area (Å²) in [6, 6.07) is 16.3. The Morgan fingerprint density at radius 1 is 1.17 bits per heavy atom. The first-order chi connectivity index (χ1) is 13.6. The number of anilines is 2. The lowest BCUT2D eigenvalue weighted by atomic mass is 9.96. The van der Waals surface area contributed by atoms with E-state index in [-0.39, 0.29) is 29.8 Å². The van der Waals surface area contributed by atoms with Crippen LogP contribution < -0.4 is 15.5 Å². The molecular formula is C23H25ClN4O. The van der Waals surface area contributed by atoms with E-state index in [4.69, 9.17) is 5.73 Å². The lowest BCUT2D eigenvalue weighted by Crippen LogP contribution is -2.43. The van der Waals surface area contributed by atoms with E-state index in [1.54, 1.807) is 0 Å². The van der Waals surface area contributed by atoms with Crippen molar-refractivity contribution >= 4 is 29.7 Å². The molecule has 1 aliphatic carbocycles. The predicted molar refractivity (Wildman–Crippen MR) is 116 cm³/mol. The molecule has 2 N–H and O–H groups in total. The fraction of sp³-hybridized carbons (Fsp3) is 0.391. The number of halogens is 1. The van der Waals surface area contributed by atoms with E-state index >= 15 is 0 Å². The molecule has 2 aliphatic heterocycles. The molecule has 3 aliphatic rings. The monoisotopic (exact) mass is 408 g/mol. The Labute approximate surface area is 177 Å². The molecule has 5 nitrogen and oxygen atoms in total. The molecule has 1 amide bonds. The van der Waals surface area contributed by atoms with Gasteiger partial charge in [0.15, 0.2) is 0 Å². The van der Waals surface area contributed by atoms with Crippen molar-refractivity contribution in [3.05, 3.63) is 59.2 Å². The number of nitrogens with zero attached hydrogens (tertiary/aromatic N) is 3. The number of para-hydroxylation sites is 1. The van der Waals surface area contributed by atoms with Gasteiger partial charge in [-0.25, -0.2) is 0 Å². The molecule has 29 heavy (non-hydrogen) atoms. The van der Waals surface area contributed by atoms with Gasteiger partial charge in [-0.3, -0.25) is 4.79 Å². The first-order valence-electron chi connectivity index (χ1n) is 10.1. The lowest BCUT2D eigenvalue weighted by Gasteiger charge is -2.35. The summed E-state index contributed by atoms with van der Waals surface area (Å²) in [7, 11) is 0. The van der Waals surface area contributed by atoms with E-state index in [2.05, 4.69) is 29.2 Å². The van der Waals surface area contributed by atoms with Gasteiger partial charge < -0.3 is 15.5 Å². The molecule has 0 radical (unpaired) electrons. The average Bonchev–Trinajstić information content (AvgIpc) is 3.49. The van der Waals surface area contributed by atoms with Gasteiger partial charge in [-0.1, -0.05) is 30.3 Å². The molecule has 0 aromatic heterocycles. The molecule has 150 valence electrons. The van der Waals surface area contributed by atoms with Gasteiger partial charge in [0.1, 0.15) is 0 Å². The first kappa shape index (κ1) is 19.8. The van der Waals surface area contributed by atoms with Crippen molar-refractivity contribution in [1.82, 2.24) is 0 Å². The van der Waals surface area contributed by atoms with Gasteiger partial charge in [-0.15, -0.1) is 12.4 Å². The Bertz CT molecular complexity index is 995. The van der Waals surface area contributed by atoms with Crippen molar-refractivity contribution in [3.8, 4) is 6.07 Å². The quantitative estimate of drug-likeness (QED) is 0.843. The topological polar surface area (TPSA) is 73.4 Å². The van der Waals surface area contributed by atoms with E-state index in [0.29, 0.717) is 12.1 Å². The Morgan fingerprint density at radius 3 is 2.69 bits per heavy atom. The van der Waals surface area contributed by atoms with Crippen LogP contribution in [0.4, 0.5) is 11.4 Å². The third-order valence-corrected chi connectivity index (χ3v) is 6.47. The van der Waals surface area contributed by atoms with Crippen molar-refractivity contribution < 1.29 is 4.79 Å². The minimum Gasteiger partial charge on any atom is -0.368 e. The van der Waals surface area contributed by atoms with Crippen LogP contribution in [0.3, 0.4) is 0 Å². The Morgan fingerprint density at radius 2 is 1.97 bits per heavy atom. The van der Waals surface area contributed by atoms with Crippen LogP contribution in [0.2, 0.25) is 0 Å². The van der Waals surface area contributed by atoms with Crippen LogP contribution in [-0.4, -0.2) is 25.0 Å². The largest absolute Gasteiger partial charge is 0.368 e. The fourth-order valence-corrected chi connectivity index (χ4v) is 4.86. The number of fused-ring (bicyclic) bond motifs is 2. The van der Waals surface area contributed by atoms with Gasteiger partial charge in [0.25, 0.3) is 0 Å². The standard InChI is InChI=1S/C23H24N4O.ClH/c24-13-16-5-1-2-6-17(16)14-27-21-19(23(10-11-23)22(27)28)8-3-9-20(21)26-12-4-7-18(25)15-26;/h1-3,5-6,8-9,18H,4,7,10-12,14-15,25H2;1H/t18-;/m1./s1. The molecule has 1 spiro atoms. The van der Waals surface area contributed by atoms with Crippen molar-refractivity contribution in [2.24, 2.45) is 5.73 Å². The van der Waals surface area contributed by atoms with Gasteiger partial charge in [0, 0.05) is 19.1 Å². The number of carbonyl (C=O) groups excluding carboxylic acids is 1. The number of carbonyl (C=O) groups is 1. The number of nitrogens with two attached hydrogens (primary N) is 1. The smallest absolute Gasteiger partial charge is 0.238 e. The molecule has 0 bridgehead atoms. The minimum atomic E-state index is -0.342. The van der Waals surface area contributed by atoms with Crippen LogP contribution in [-0.2, 0) is 16.8 Å². The van der Waals surface area contributed by atoms with Crippen LogP contribution >= 0.6 is 12.4 Å². The summed E-state index contributed by atoms with van der Waals surface area (Å²) in [6.45, 7) is 2.22. The zero-order chi connectivity index (χ0) is 19.3. The van der Waals surface area contributed by atoms with Crippen molar-refractivity contribution in [3.63, 3.8) is 0 Å². The second-order valence-electron chi connectivity index (χ2n) is 8.26. The lowest BCUT2D eigenvalue weighted by molar-refractivity contribution is -0.120. The molecule has 1 atom stereocenters. The predicted octanol–water partition coefficient (Wildman–Crippen LogP) is 3.49. The van der Waals surface area contributed by atoms with E-state index in [1.807, 2.05) is 29.2 Å². The Hall–Kier alpha value is -2.55. The van der Waals surface area contributed by atoms with Gasteiger partial charge in [0.2, 0.25) is 5.91 Å². The molecule has 2 aromatic carbocycles. The van der Waals surface area contributed by atoms with Crippen molar-refractivity contribution in [1.29, 1.82) is 5.26 Å². The van der Waals surface area contributed by atoms with E-state index in [9.17, 15) is 10.1 Å². The zero-order valence-electron chi connectivity index (χ0n) is 16.3. The highest BCUT2D eigenvalue weighted by Gasteiger charge is 2.59. The van der Waals surface area contributed by atoms with E-state index < -0.39 is 0 Å². The zero-order valence-corrected chi connectivity index (χ0v) is 17.1. The van der Waals surface area contributed by atoms with E-state index in [1.165, 1.54) is 0 Å². The molecule has 6 heteroatoms. The number of benzene rings is 2. The highest BCUT2D eigenvalue weighted by atomic mass is 35.5. The highest BCUT2D eigenvalue weighted by molar-refractivity contribution is 6.12. The number of amides is 1. The summed E-state index contributed by atoms with van der Waals surface area (Å²) in [5.41, 5.74) is 10.7.